The van der Waals surface area contributed by atoms with E-state index in [0.29, 0.717) is 11.5 Å². The molecule has 1 aliphatic carbocycles. The van der Waals surface area contributed by atoms with Crippen molar-refractivity contribution in [3.8, 4) is 0 Å². The number of carbonyl (C=O) groups excluding carboxylic acids is 1. The highest BCUT2D eigenvalue weighted by atomic mass is 35.5. The topological polar surface area (TPSA) is 78.4 Å². The van der Waals surface area contributed by atoms with Gasteiger partial charge in [0.15, 0.2) is 0 Å². The molecule has 1 saturated carbocycles. The van der Waals surface area contributed by atoms with Crippen molar-refractivity contribution in [2.24, 2.45) is 5.92 Å². The molecule has 26 heavy (non-hydrogen) atoms. The molecule has 144 valence electrons. The zero-order valence-electron chi connectivity index (χ0n) is 15.1. The highest BCUT2D eigenvalue weighted by molar-refractivity contribution is 5.94. The molecule has 3 N–H and O–H groups in total. The van der Waals surface area contributed by atoms with E-state index < -0.39 is 5.97 Å². The maximum atomic E-state index is 12.4. The molecule has 1 aromatic carbocycles. The number of halogens is 1. The van der Waals surface area contributed by atoms with Gasteiger partial charge in [0, 0.05) is 18.0 Å². The van der Waals surface area contributed by atoms with E-state index in [1.54, 1.807) is 0 Å². The van der Waals surface area contributed by atoms with Crippen LogP contribution < -0.4 is 10.6 Å². The highest BCUT2D eigenvalue weighted by Gasteiger charge is 2.24. The van der Waals surface area contributed by atoms with E-state index in [1.807, 2.05) is 12.1 Å². The molecule has 0 atom stereocenters. The number of carboxylic acids is 1. The molecule has 6 heteroatoms. The summed E-state index contributed by atoms with van der Waals surface area (Å²) < 4.78 is 0. The number of hydrogen-bond donors (Lipinski definition) is 3. The molecule has 1 aromatic rings. The minimum Gasteiger partial charge on any atom is -0.481 e. The third-order valence-electron chi connectivity index (χ3n) is 5.63. The highest BCUT2D eigenvalue weighted by Crippen LogP contribution is 2.28. The van der Waals surface area contributed by atoms with Gasteiger partial charge in [-0.3, -0.25) is 9.59 Å². The maximum Gasteiger partial charge on any atom is 0.303 e. The van der Waals surface area contributed by atoms with Crippen LogP contribution in [0.3, 0.4) is 0 Å². The number of nitrogens with one attached hydrogen (secondary N) is 2. The van der Waals surface area contributed by atoms with Crippen LogP contribution in [0.25, 0.3) is 0 Å². The number of carbonyl (C=O) groups is 2. The molecule has 3 rings (SSSR count). The minimum atomic E-state index is -0.721. The zero-order chi connectivity index (χ0) is 17.6. The number of benzene rings is 1. The Labute approximate surface area is 161 Å². The van der Waals surface area contributed by atoms with Gasteiger partial charge in [-0.15, -0.1) is 12.4 Å². The predicted molar refractivity (Wildman–Crippen MR) is 104 cm³/mol. The van der Waals surface area contributed by atoms with Crippen LogP contribution in [0.1, 0.15) is 66.8 Å². The molecule has 2 aliphatic rings. The van der Waals surface area contributed by atoms with Crippen molar-refractivity contribution in [2.75, 3.05) is 13.1 Å². The van der Waals surface area contributed by atoms with E-state index in [2.05, 4.69) is 22.8 Å². The molecule has 5 nitrogen and oxygen atoms in total. The van der Waals surface area contributed by atoms with E-state index in [1.165, 1.54) is 5.56 Å². The quantitative estimate of drug-likeness (QED) is 0.732. The zero-order valence-corrected chi connectivity index (χ0v) is 15.9. The third kappa shape index (κ3) is 5.71. The Balaban J connectivity index is 0.00000243. The maximum absolute atomic E-state index is 12.4. The molecular formula is C20H29ClN2O3. The molecule has 1 amide bonds. The van der Waals surface area contributed by atoms with Crippen LogP contribution in [-0.4, -0.2) is 36.1 Å². The first kappa shape index (κ1) is 20.7. The second kappa shape index (κ2) is 9.93. The van der Waals surface area contributed by atoms with Crippen molar-refractivity contribution in [1.29, 1.82) is 0 Å². The number of carboxylic acid groups (broad SMARTS) is 1. The van der Waals surface area contributed by atoms with E-state index >= 15 is 0 Å². The van der Waals surface area contributed by atoms with Gasteiger partial charge >= 0.3 is 5.97 Å². The van der Waals surface area contributed by atoms with Gasteiger partial charge in [0.25, 0.3) is 5.91 Å². The summed E-state index contributed by atoms with van der Waals surface area (Å²) in [5.74, 6) is 0.123. The van der Waals surface area contributed by atoms with Crippen molar-refractivity contribution < 1.29 is 14.7 Å². The summed E-state index contributed by atoms with van der Waals surface area (Å²) in [5, 5.41) is 15.4. The lowest BCUT2D eigenvalue weighted by molar-refractivity contribution is -0.138. The summed E-state index contributed by atoms with van der Waals surface area (Å²) in [6, 6.07) is 8.22. The van der Waals surface area contributed by atoms with E-state index in [0.717, 1.165) is 51.6 Å². The molecule has 0 spiro atoms. The van der Waals surface area contributed by atoms with Crippen LogP contribution in [0.4, 0.5) is 0 Å². The molecule has 0 aromatic heterocycles. The standard InChI is InChI=1S/C20H28N2O3.ClH/c23-19(24)13-14-1-7-18(8-2-14)22-20(25)17-5-3-15(4-6-17)16-9-11-21-12-10-16;/h3-6,14,16,18,21H,1-2,7-13H2,(H,22,25)(H,23,24);1H/t14-,18-;. The Bertz CT molecular complexity index is 592. The number of amides is 1. The lowest BCUT2D eigenvalue weighted by Crippen LogP contribution is -2.37. The molecule has 1 heterocycles. The summed E-state index contributed by atoms with van der Waals surface area (Å²) in [4.78, 5) is 23.2. The van der Waals surface area contributed by atoms with Crippen molar-refractivity contribution in [3.05, 3.63) is 35.4 Å². The molecule has 1 aliphatic heterocycles. The van der Waals surface area contributed by atoms with Gasteiger partial charge in [-0.1, -0.05) is 12.1 Å². The summed E-state index contributed by atoms with van der Waals surface area (Å²) in [6.07, 6.45) is 6.07. The first-order valence-corrected chi connectivity index (χ1v) is 9.45. The first-order valence-electron chi connectivity index (χ1n) is 9.45. The van der Waals surface area contributed by atoms with Gasteiger partial charge in [-0.25, -0.2) is 0 Å². The second-order valence-corrected chi connectivity index (χ2v) is 7.44. The molecule has 0 unspecified atom stereocenters. The average Bonchev–Trinajstić information content (AvgIpc) is 2.64. The SMILES string of the molecule is Cl.O=C(O)C[C@H]1CC[C@H](NC(=O)c2ccc(C3CCNCC3)cc2)CC1. The number of aliphatic carboxylic acids is 1. The van der Waals surface area contributed by atoms with E-state index in [4.69, 9.17) is 5.11 Å². The van der Waals surface area contributed by atoms with E-state index in [-0.39, 0.29) is 36.7 Å². The molecule has 2 fully saturated rings. The van der Waals surface area contributed by atoms with Gasteiger partial charge in [0.05, 0.1) is 0 Å². The van der Waals surface area contributed by atoms with Crippen LogP contribution in [0.2, 0.25) is 0 Å². The number of hydrogen-bond acceptors (Lipinski definition) is 3. The normalized spacial score (nSPS) is 23.7. The van der Waals surface area contributed by atoms with Crippen LogP contribution >= 0.6 is 12.4 Å². The Morgan fingerprint density at radius 2 is 1.62 bits per heavy atom. The minimum absolute atomic E-state index is 0. The Hall–Kier alpha value is -1.59. The summed E-state index contributed by atoms with van der Waals surface area (Å²) >= 11 is 0. The van der Waals surface area contributed by atoms with Crippen LogP contribution in [0.15, 0.2) is 24.3 Å². The van der Waals surface area contributed by atoms with Crippen molar-refractivity contribution in [1.82, 2.24) is 10.6 Å². The predicted octanol–water partition coefficient (Wildman–Crippen LogP) is 3.34. The van der Waals surface area contributed by atoms with Crippen molar-refractivity contribution >= 4 is 24.3 Å². The third-order valence-corrected chi connectivity index (χ3v) is 5.63. The van der Waals surface area contributed by atoms with Gasteiger partial charge in [-0.05, 0) is 81.1 Å². The number of piperidine rings is 1. The lowest BCUT2D eigenvalue weighted by atomic mass is 9.84. The second-order valence-electron chi connectivity index (χ2n) is 7.44. The Kier molecular flexibility index (Phi) is 7.91. The molecule has 0 bridgehead atoms. The van der Waals surface area contributed by atoms with Gasteiger partial charge < -0.3 is 15.7 Å². The fourth-order valence-corrected chi connectivity index (χ4v) is 4.09. The summed E-state index contributed by atoms with van der Waals surface area (Å²) in [7, 11) is 0. The summed E-state index contributed by atoms with van der Waals surface area (Å²) in [6.45, 7) is 2.13. The molecular weight excluding hydrogens is 352 g/mol. The Morgan fingerprint density at radius 3 is 2.19 bits per heavy atom. The van der Waals surface area contributed by atoms with Gasteiger partial charge in [0.1, 0.15) is 0 Å². The van der Waals surface area contributed by atoms with Crippen LogP contribution in [0.5, 0.6) is 0 Å². The van der Waals surface area contributed by atoms with Gasteiger partial charge in [0.2, 0.25) is 0 Å². The van der Waals surface area contributed by atoms with Crippen molar-refractivity contribution in [2.45, 2.75) is 56.9 Å². The van der Waals surface area contributed by atoms with Crippen LogP contribution in [0, 0.1) is 5.92 Å². The van der Waals surface area contributed by atoms with Gasteiger partial charge in [-0.2, -0.15) is 0 Å². The fraction of sp³-hybridized carbons (Fsp3) is 0.600. The molecule has 0 radical (unpaired) electrons. The van der Waals surface area contributed by atoms with E-state index in [9.17, 15) is 9.59 Å². The van der Waals surface area contributed by atoms with Crippen molar-refractivity contribution in [3.63, 3.8) is 0 Å². The molecule has 1 saturated heterocycles. The average molecular weight is 381 g/mol. The van der Waals surface area contributed by atoms with Crippen LogP contribution in [-0.2, 0) is 4.79 Å². The largest absolute Gasteiger partial charge is 0.481 e. The smallest absolute Gasteiger partial charge is 0.303 e. The first-order chi connectivity index (χ1) is 12.1. The lowest BCUT2D eigenvalue weighted by Gasteiger charge is -2.28. The monoisotopic (exact) mass is 380 g/mol. The summed E-state index contributed by atoms with van der Waals surface area (Å²) in [5.41, 5.74) is 2.04. The fourth-order valence-electron chi connectivity index (χ4n) is 4.09. The number of rotatable bonds is 5. The Morgan fingerprint density at radius 1 is 1.00 bits per heavy atom.